The Kier molecular flexibility index (Phi) is 6.51. The number of hydrogen-bond donors (Lipinski definition) is 1. The molecule has 2 aromatic carbocycles. The number of fused-ring (bicyclic) bond motifs is 3. The van der Waals surface area contributed by atoms with E-state index in [1.165, 1.54) is 0 Å². The van der Waals surface area contributed by atoms with Crippen LogP contribution >= 0.6 is 0 Å². The van der Waals surface area contributed by atoms with Gasteiger partial charge in [0.1, 0.15) is 13.2 Å². The number of anilines is 1. The van der Waals surface area contributed by atoms with Gasteiger partial charge in [-0.25, -0.2) is 4.79 Å². The molecule has 8 heteroatoms. The monoisotopic (exact) mass is 435 g/mol. The molecule has 0 fully saturated rings. The first-order valence-corrected chi connectivity index (χ1v) is 10.6. The van der Waals surface area contributed by atoms with Crippen LogP contribution in [0.5, 0.6) is 5.75 Å². The highest BCUT2D eigenvalue weighted by Crippen LogP contribution is 2.39. The topological polar surface area (TPSA) is 93.9 Å². The van der Waals surface area contributed by atoms with E-state index in [2.05, 4.69) is 29.2 Å². The van der Waals surface area contributed by atoms with Gasteiger partial charge < -0.3 is 24.2 Å². The van der Waals surface area contributed by atoms with Gasteiger partial charge in [-0.2, -0.15) is 0 Å². The number of benzene rings is 2. The van der Waals surface area contributed by atoms with Gasteiger partial charge in [0.2, 0.25) is 17.2 Å². The molecular formula is C24H25N3O5. The van der Waals surface area contributed by atoms with E-state index < -0.39 is 11.9 Å². The molecule has 0 unspecified atom stereocenters. The number of likely N-dealkylation sites (N-methyl/N-ethyl adjacent to an activating group) is 1. The fourth-order valence-electron chi connectivity index (χ4n) is 3.52. The highest BCUT2D eigenvalue weighted by Gasteiger charge is 2.29. The zero-order valence-corrected chi connectivity index (χ0v) is 18.1. The Bertz CT molecular complexity index is 1100. The van der Waals surface area contributed by atoms with Gasteiger partial charge in [0, 0.05) is 23.4 Å². The Balaban J connectivity index is 1.38. The van der Waals surface area contributed by atoms with E-state index in [0.29, 0.717) is 42.5 Å². The minimum absolute atomic E-state index is 0.0781. The summed E-state index contributed by atoms with van der Waals surface area (Å²) in [6.07, 6.45) is 0. The summed E-state index contributed by atoms with van der Waals surface area (Å²) in [6.45, 7) is 7.33. The summed E-state index contributed by atoms with van der Waals surface area (Å²) in [4.78, 5) is 27.1. The zero-order chi connectivity index (χ0) is 22.5. The molecule has 8 nitrogen and oxygen atoms in total. The molecule has 1 amide bonds. The molecule has 3 aromatic rings. The quantitative estimate of drug-likeness (QED) is 0.535. The molecule has 1 aliphatic rings. The van der Waals surface area contributed by atoms with E-state index in [4.69, 9.17) is 14.0 Å². The number of aromatic nitrogens is 1. The Morgan fingerprint density at radius 2 is 1.84 bits per heavy atom. The van der Waals surface area contributed by atoms with Crippen LogP contribution in [0, 0.1) is 0 Å². The average Bonchev–Trinajstić information content (AvgIpc) is 3.27. The molecule has 0 atom stereocenters. The zero-order valence-electron chi connectivity index (χ0n) is 18.1. The van der Waals surface area contributed by atoms with Crippen LogP contribution in [-0.4, -0.2) is 48.2 Å². The molecule has 0 aliphatic carbocycles. The second kappa shape index (κ2) is 9.65. The van der Waals surface area contributed by atoms with Crippen molar-refractivity contribution in [2.75, 3.05) is 31.6 Å². The third-order valence-electron chi connectivity index (χ3n) is 5.41. The van der Waals surface area contributed by atoms with Crippen molar-refractivity contribution in [3.05, 3.63) is 65.4 Å². The summed E-state index contributed by atoms with van der Waals surface area (Å²) in [7, 11) is 0. The second-order valence-corrected chi connectivity index (χ2v) is 7.33. The molecule has 4 rings (SSSR count). The minimum Gasteiger partial charge on any atom is -0.482 e. The van der Waals surface area contributed by atoms with Crippen LogP contribution in [0.1, 0.15) is 40.3 Å². The molecule has 0 saturated carbocycles. The summed E-state index contributed by atoms with van der Waals surface area (Å²) in [6, 6.07) is 14.2. The Labute approximate surface area is 186 Å². The van der Waals surface area contributed by atoms with Gasteiger partial charge in [-0.1, -0.05) is 43.3 Å². The van der Waals surface area contributed by atoms with Gasteiger partial charge in [-0.3, -0.25) is 4.79 Å². The van der Waals surface area contributed by atoms with E-state index in [1.54, 1.807) is 24.3 Å². The second-order valence-electron chi connectivity index (χ2n) is 7.33. The lowest BCUT2D eigenvalue weighted by Gasteiger charge is -2.17. The van der Waals surface area contributed by atoms with Crippen LogP contribution in [0.3, 0.4) is 0 Å². The molecule has 2 heterocycles. The Morgan fingerprint density at radius 1 is 1.09 bits per heavy atom. The van der Waals surface area contributed by atoms with Crippen LogP contribution in [0.2, 0.25) is 0 Å². The fourth-order valence-corrected chi connectivity index (χ4v) is 3.52. The lowest BCUT2D eigenvalue weighted by Crippen LogP contribution is -2.27. The standard InChI is InChI=1S/C24H25N3O5/c1-3-27(4-2)13-14-30-24(29)16-9-11-18(12-10-16)25-23(28)20-22-21(32-26-20)19-8-6-5-7-17(19)15-31-22/h5-12H,3-4,13-15H2,1-2H3,(H,25,28). The Hall–Kier alpha value is -3.65. The predicted octanol–water partition coefficient (Wildman–Crippen LogP) is 3.98. The van der Waals surface area contributed by atoms with E-state index in [9.17, 15) is 9.59 Å². The molecule has 32 heavy (non-hydrogen) atoms. The van der Waals surface area contributed by atoms with Gasteiger partial charge in [0.25, 0.3) is 5.91 Å². The van der Waals surface area contributed by atoms with Gasteiger partial charge in [-0.15, -0.1) is 0 Å². The smallest absolute Gasteiger partial charge is 0.338 e. The first kappa shape index (κ1) is 21.6. The number of nitrogens with zero attached hydrogens (tertiary/aromatic N) is 2. The van der Waals surface area contributed by atoms with Crippen molar-refractivity contribution in [1.82, 2.24) is 10.1 Å². The molecule has 0 bridgehead atoms. The number of amides is 1. The summed E-state index contributed by atoms with van der Waals surface area (Å²) in [5.74, 6) is -0.0778. The molecule has 0 spiro atoms. The average molecular weight is 435 g/mol. The molecule has 1 N–H and O–H groups in total. The van der Waals surface area contributed by atoms with Crippen molar-refractivity contribution < 1.29 is 23.6 Å². The summed E-state index contributed by atoms with van der Waals surface area (Å²) < 4.78 is 16.4. The highest BCUT2D eigenvalue weighted by molar-refractivity contribution is 6.06. The molecule has 1 aliphatic heterocycles. The first-order valence-electron chi connectivity index (χ1n) is 10.6. The van der Waals surface area contributed by atoms with Crippen molar-refractivity contribution >= 4 is 17.6 Å². The van der Waals surface area contributed by atoms with E-state index >= 15 is 0 Å². The lowest BCUT2D eigenvalue weighted by molar-refractivity contribution is 0.0466. The largest absolute Gasteiger partial charge is 0.482 e. The summed E-state index contributed by atoms with van der Waals surface area (Å²) >= 11 is 0. The van der Waals surface area contributed by atoms with Crippen LogP contribution < -0.4 is 10.1 Å². The number of ether oxygens (including phenoxy) is 2. The SMILES string of the molecule is CCN(CC)CCOC(=O)c1ccc(NC(=O)c2noc3c2OCc2ccccc2-3)cc1. The van der Waals surface area contributed by atoms with Crippen LogP contribution in [0.25, 0.3) is 11.3 Å². The van der Waals surface area contributed by atoms with Crippen LogP contribution in [-0.2, 0) is 11.3 Å². The number of carbonyl (C=O) groups is 2. The van der Waals surface area contributed by atoms with Crippen LogP contribution in [0.4, 0.5) is 5.69 Å². The fraction of sp³-hybridized carbons (Fsp3) is 0.292. The maximum atomic E-state index is 12.7. The lowest BCUT2D eigenvalue weighted by atomic mass is 10.0. The first-order chi connectivity index (χ1) is 15.6. The minimum atomic E-state index is -0.455. The molecule has 0 saturated heterocycles. The van der Waals surface area contributed by atoms with E-state index in [1.807, 2.05) is 24.3 Å². The molecule has 166 valence electrons. The number of nitrogens with one attached hydrogen (secondary N) is 1. The van der Waals surface area contributed by atoms with Crippen molar-refractivity contribution in [2.45, 2.75) is 20.5 Å². The van der Waals surface area contributed by atoms with Crippen LogP contribution in [0.15, 0.2) is 53.1 Å². The number of hydrogen-bond acceptors (Lipinski definition) is 7. The molecular weight excluding hydrogens is 410 g/mol. The Morgan fingerprint density at radius 3 is 2.59 bits per heavy atom. The van der Waals surface area contributed by atoms with E-state index in [-0.39, 0.29) is 5.69 Å². The van der Waals surface area contributed by atoms with Crippen molar-refractivity contribution in [3.8, 4) is 17.1 Å². The van der Waals surface area contributed by atoms with Crippen molar-refractivity contribution in [2.24, 2.45) is 0 Å². The predicted molar refractivity (Wildman–Crippen MR) is 119 cm³/mol. The normalized spacial score (nSPS) is 12.0. The van der Waals surface area contributed by atoms with Gasteiger partial charge in [-0.05, 0) is 37.4 Å². The van der Waals surface area contributed by atoms with Gasteiger partial charge in [0.15, 0.2) is 0 Å². The van der Waals surface area contributed by atoms with Gasteiger partial charge in [0.05, 0.1) is 5.56 Å². The van der Waals surface area contributed by atoms with Crippen molar-refractivity contribution in [1.29, 1.82) is 0 Å². The summed E-state index contributed by atoms with van der Waals surface area (Å²) in [5, 5.41) is 6.67. The maximum Gasteiger partial charge on any atom is 0.338 e. The molecule has 0 radical (unpaired) electrons. The van der Waals surface area contributed by atoms with Crippen molar-refractivity contribution in [3.63, 3.8) is 0 Å². The molecule has 1 aromatic heterocycles. The number of esters is 1. The maximum absolute atomic E-state index is 12.7. The number of carbonyl (C=O) groups excluding carboxylic acids is 2. The highest BCUT2D eigenvalue weighted by atomic mass is 16.5. The van der Waals surface area contributed by atoms with E-state index in [0.717, 1.165) is 24.2 Å². The third kappa shape index (κ3) is 4.50. The summed E-state index contributed by atoms with van der Waals surface area (Å²) in [5.41, 5.74) is 2.85. The third-order valence-corrected chi connectivity index (χ3v) is 5.41. The number of rotatable bonds is 8. The van der Waals surface area contributed by atoms with Gasteiger partial charge >= 0.3 is 5.97 Å².